The lowest BCUT2D eigenvalue weighted by Crippen LogP contribution is -2.66. The quantitative estimate of drug-likeness (QED) is 0.464. The average Bonchev–Trinajstić information content (AvgIpc) is 2.43. The van der Waals surface area contributed by atoms with Crippen molar-refractivity contribution in [1.29, 1.82) is 0 Å². The molecular formula is C11H14N4O5S. The van der Waals surface area contributed by atoms with Crippen LogP contribution >= 0.6 is 0 Å². The highest BCUT2D eigenvalue weighted by molar-refractivity contribution is 7.94. The number of hydrogen-bond donors (Lipinski definition) is 2. The van der Waals surface area contributed by atoms with Gasteiger partial charge < -0.3 is 5.43 Å². The number of hydrogen-bond acceptors (Lipinski definition) is 7. The van der Waals surface area contributed by atoms with E-state index in [0.29, 0.717) is 9.87 Å². The molecule has 21 heavy (non-hydrogen) atoms. The van der Waals surface area contributed by atoms with Gasteiger partial charge in [-0.3, -0.25) is 20.8 Å². The Morgan fingerprint density at radius 2 is 2.05 bits per heavy atom. The van der Waals surface area contributed by atoms with Crippen LogP contribution < -0.4 is 11.3 Å². The van der Waals surface area contributed by atoms with E-state index in [1.165, 1.54) is 32.0 Å². The number of hydrazine groups is 1. The fourth-order valence-corrected chi connectivity index (χ4v) is 3.54. The number of nitrogens with zero attached hydrogens (tertiary/aromatic N) is 2. The van der Waals surface area contributed by atoms with Gasteiger partial charge >= 0.3 is 0 Å². The molecule has 0 spiro atoms. The molecule has 0 atom stereocenters. The minimum atomic E-state index is -3.72. The average molecular weight is 314 g/mol. The number of nitrogens with one attached hydrogen (secondary N) is 1. The summed E-state index contributed by atoms with van der Waals surface area (Å²) in [5, 5.41) is 10.9. The van der Waals surface area contributed by atoms with Crippen molar-refractivity contribution in [1.82, 2.24) is 4.31 Å². The van der Waals surface area contributed by atoms with Crippen molar-refractivity contribution < 1.29 is 18.1 Å². The molecule has 9 nitrogen and oxygen atoms in total. The van der Waals surface area contributed by atoms with Crippen LogP contribution in [0.25, 0.3) is 0 Å². The molecule has 0 radical (unpaired) electrons. The summed E-state index contributed by atoms with van der Waals surface area (Å²) in [5.41, 5.74) is 2.32. The molecule has 0 aromatic heterocycles. The second-order valence-corrected chi connectivity index (χ2v) is 7.49. The number of nitrogen functional groups attached to an aromatic ring is 1. The number of rotatable bonds is 4. The number of nitro benzene ring substituents is 1. The van der Waals surface area contributed by atoms with Crippen LogP contribution in [0.5, 0.6) is 0 Å². The summed E-state index contributed by atoms with van der Waals surface area (Å²) in [4.78, 5) is 22.1. The molecule has 114 valence electrons. The number of amides is 1. The lowest BCUT2D eigenvalue weighted by molar-refractivity contribution is -0.384. The third kappa shape index (κ3) is 2.12. The normalized spacial score (nSPS) is 19.0. The van der Waals surface area contributed by atoms with Crippen LogP contribution in [0.4, 0.5) is 11.4 Å². The Kier molecular flexibility index (Phi) is 3.38. The number of benzene rings is 1. The van der Waals surface area contributed by atoms with Crippen LogP contribution in [0.2, 0.25) is 0 Å². The van der Waals surface area contributed by atoms with E-state index in [1.807, 2.05) is 0 Å². The number of sulfonamides is 1. The van der Waals surface area contributed by atoms with Crippen LogP contribution in [0.3, 0.4) is 0 Å². The molecule has 1 saturated heterocycles. The highest BCUT2D eigenvalue weighted by Gasteiger charge is 2.59. The summed E-state index contributed by atoms with van der Waals surface area (Å²) >= 11 is 0. The smallest absolute Gasteiger partial charge is 0.293 e. The number of nitro groups is 1. The molecule has 1 fully saturated rings. The maximum Gasteiger partial charge on any atom is 0.293 e. The second kappa shape index (κ2) is 4.67. The number of nitrogens with two attached hydrogens (primary N) is 1. The molecule has 1 aliphatic rings. The monoisotopic (exact) mass is 314 g/mol. The Morgan fingerprint density at radius 1 is 1.43 bits per heavy atom. The molecule has 2 rings (SSSR count). The molecule has 0 unspecified atom stereocenters. The van der Waals surface area contributed by atoms with Crippen molar-refractivity contribution in [3.8, 4) is 0 Å². The number of carbonyl (C=O) groups excluding carboxylic acids is 1. The molecule has 0 aliphatic carbocycles. The van der Waals surface area contributed by atoms with Crippen molar-refractivity contribution in [2.45, 2.75) is 25.1 Å². The number of anilines is 1. The fraction of sp³-hybridized carbons (Fsp3) is 0.364. The van der Waals surface area contributed by atoms with Gasteiger partial charge in [0.2, 0.25) is 0 Å². The summed E-state index contributed by atoms with van der Waals surface area (Å²) in [7, 11) is -3.72. The first kappa shape index (κ1) is 15.2. The van der Waals surface area contributed by atoms with E-state index in [9.17, 15) is 23.3 Å². The van der Waals surface area contributed by atoms with Crippen LogP contribution in [-0.2, 0) is 21.4 Å². The SMILES string of the molecule is CC1(C)C(=O)N(Cc2ccc(NN)c([N+](=O)[O-])c2)S1(=O)=O. The Labute approximate surface area is 120 Å². The van der Waals surface area contributed by atoms with Crippen molar-refractivity contribution in [2.75, 3.05) is 5.43 Å². The number of carbonyl (C=O) groups is 1. The summed E-state index contributed by atoms with van der Waals surface area (Å²) in [6.45, 7) is 2.41. The van der Waals surface area contributed by atoms with E-state index in [0.717, 1.165) is 0 Å². The van der Waals surface area contributed by atoms with Gasteiger partial charge in [-0.1, -0.05) is 6.07 Å². The molecule has 0 bridgehead atoms. The van der Waals surface area contributed by atoms with Gasteiger partial charge in [0.05, 0.1) is 11.5 Å². The van der Waals surface area contributed by atoms with Gasteiger partial charge in [0, 0.05) is 6.07 Å². The van der Waals surface area contributed by atoms with Gasteiger partial charge in [-0.25, -0.2) is 12.7 Å². The third-order valence-electron chi connectivity index (χ3n) is 3.42. The molecule has 1 heterocycles. The molecule has 1 aliphatic heterocycles. The van der Waals surface area contributed by atoms with Gasteiger partial charge in [0.1, 0.15) is 5.69 Å². The van der Waals surface area contributed by atoms with E-state index >= 15 is 0 Å². The van der Waals surface area contributed by atoms with Crippen molar-refractivity contribution >= 4 is 27.3 Å². The minimum absolute atomic E-state index is 0.0990. The largest absolute Gasteiger partial charge is 0.318 e. The van der Waals surface area contributed by atoms with Crippen molar-refractivity contribution in [2.24, 2.45) is 5.84 Å². The van der Waals surface area contributed by atoms with Crippen LogP contribution in [0.1, 0.15) is 19.4 Å². The zero-order valence-corrected chi connectivity index (χ0v) is 12.2. The predicted octanol–water partition coefficient (Wildman–Crippen LogP) is 0.331. The Morgan fingerprint density at radius 3 is 2.52 bits per heavy atom. The molecule has 1 amide bonds. The first-order valence-corrected chi connectivity index (χ1v) is 7.37. The van der Waals surface area contributed by atoms with Crippen molar-refractivity contribution in [3.05, 3.63) is 33.9 Å². The fourth-order valence-electron chi connectivity index (χ4n) is 2.03. The maximum atomic E-state index is 12.0. The molecule has 3 N–H and O–H groups in total. The zero-order valence-electron chi connectivity index (χ0n) is 11.4. The van der Waals surface area contributed by atoms with E-state index < -0.39 is 25.6 Å². The molecule has 1 aromatic carbocycles. The molecule has 1 aromatic rings. The van der Waals surface area contributed by atoms with E-state index in [-0.39, 0.29) is 17.9 Å². The molecule has 0 saturated carbocycles. The van der Waals surface area contributed by atoms with Gasteiger partial charge in [-0.05, 0) is 25.5 Å². The van der Waals surface area contributed by atoms with E-state index in [2.05, 4.69) is 5.43 Å². The Hall–Kier alpha value is -2.20. The Bertz CT molecular complexity index is 728. The predicted molar refractivity (Wildman–Crippen MR) is 74.5 cm³/mol. The van der Waals surface area contributed by atoms with Crippen LogP contribution in [0, 0.1) is 10.1 Å². The zero-order chi connectivity index (χ0) is 16.0. The summed E-state index contributed by atoms with van der Waals surface area (Å²) < 4.78 is 23.2. The van der Waals surface area contributed by atoms with Gasteiger partial charge in [0.15, 0.2) is 4.75 Å². The Balaban J connectivity index is 2.32. The second-order valence-electron chi connectivity index (χ2n) is 5.08. The minimum Gasteiger partial charge on any atom is -0.318 e. The maximum absolute atomic E-state index is 12.0. The first-order chi connectivity index (χ1) is 9.62. The third-order valence-corrected chi connectivity index (χ3v) is 5.76. The lowest BCUT2D eigenvalue weighted by atomic mass is 10.1. The topological polar surface area (TPSA) is 136 Å². The van der Waals surface area contributed by atoms with Crippen LogP contribution in [-0.4, -0.2) is 28.3 Å². The van der Waals surface area contributed by atoms with Gasteiger partial charge in [-0.2, -0.15) is 0 Å². The van der Waals surface area contributed by atoms with Crippen molar-refractivity contribution in [3.63, 3.8) is 0 Å². The van der Waals surface area contributed by atoms with E-state index in [1.54, 1.807) is 0 Å². The highest BCUT2D eigenvalue weighted by Crippen LogP contribution is 2.36. The summed E-state index contributed by atoms with van der Waals surface area (Å²) in [6.07, 6.45) is 0. The molecular weight excluding hydrogens is 300 g/mol. The first-order valence-electron chi connectivity index (χ1n) is 5.93. The van der Waals surface area contributed by atoms with Gasteiger partial charge in [0.25, 0.3) is 21.6 Å². The van der Waals surface area contributed by atoms with Crippen LogP contribution in [0.15, 0.2) is 18.2 Å². The summed E-state index contributed by atoms with van der Waals surface area (Å²) in [6, 6.07) is 4.01. The summed E-state index contributed by atoms with van der Waals surface area (Å²) in [5.74, 6) is 4.63. The lowest BCUT2D eigenvalue weighted by Gasteiger charge is -2.43. The van der Waals surface area contributed by atoms with Gasteiger partial charge in [-0.15, -0.1) is 0 Å². The highest BCUT2D eigenvalue weighted by atomic mass is 32.2. The van der Waals surface area contributed by atoms with E-state index in [4.69, 9.17) is 5.84 Å². The standard InChI is InChI=1S/C11H14N4O5S/c1-11(2)10(16)14(21(11,19)20)6-7-3-4-8(13-12)9(5-7)15(17)18/h3-5,13H,6,12H2,1-2H3. The molecule has 10 heteroatoms.